The maximum Gasteiger partial charge on any atom is 0.261 e. The number of aromatic nitrogens is 3. The van der Waals surface area contributed by atoms with Crippen LogP contribution in [0.15, 0.2) is 12.1 Å². The van der Waals surface area contributed by atoms with Crippen molar-refractivity contribution in [2.45, 2.75) is 51.6 Å². The number of methoxy groups -OCH3 is 1. The molecule has 1 amide bonds. The lowest BCUT2D eigenvalue weighted by Crippen LogP contribution is -2.43. The van der Waals surface area contributed by atoms with Gasteiger partial charge in [-0.1, -0.05) is 13.8 Å². The molecule has 150 valence electrons. The molecular weight excluding hydrogens is 366 g/mol. The van der Waals surface area contributed by atoms with Crippen molar-refractivity contribution in [1.29, 1.82) is 0 Å². The Balaban J connectivity index is 1.73. The number of halogens is 2. The smallest absolute Gasteiger partial charge is 0.261 e. The van der Waals surface area contributed by atoms with E-state index in [4.69, 9.17) is 9.72 Å². The molecule has 0 spiro atoms. The van der Waals surface area contributed by atoms with Gasteiger partial charge in [0, 0.05) is 12.5 Å². The molecule has 1 atom stereocenters. The summed E-state index contributed by atoms with van der Waals surface area (Å²) in [5, 5.41) is 4.61. The lowest BCUT2D eigenvalue weighted by atomic mass is 9.99. The Morgan fingerprint density at radius 1 is 1.29 bits per heavy atom. The summed E-state index contributed by atoms with van der Waals surface area (Å²) in [7, 11) is 1.34. The van der Waals surface area contributed by atoms with Crippen LogP contribution in [0.5, 0.6) is 5.75 Å². The maximum absolute atomic E-state index is 14.5. The number of hydrogen-bond donors (Lipinski definition) is 0. The number of benzene rings is 1. The molecule has 28 heavy (non-hydrogen) atoms. The first-order valence-electron chi connectivity index (χ1n) is 9.68. The fraction of sp³-hybridized carbons (Fsp3) is 0.550. The van der Waals surface area contributed by atoms with Crippen LogP contribution in [0.3, 0.4) is 0 Å². The van der Waals surface area contributed by atoms with Crippen molar-refractivity contribution < 1.29 is 18.3 Å². The molecule has 1 fully saturated rings. The predicted molar refractivity (Wildman–Crippen MR) is 98.1 cm³/mol. The molecule has 0 unspecified atom stereocenters. The summed E-state index contributed by atoms with van der Waals surface area (Å²) in [4.78, 5) is 19.6. The lowest BCUT2D eigenvalue weighted by molar-refractivity contribution is 0.0569. The molecule has 2 aromatic rings. The number of ether oxygens (including phenoxy) is 1. The number of amides is 1. The van der Waals surface area contributed by atoms with E-state index in [1.165, 1.54) is 13.2 Å². The highest BCUT2D eigenvalue weighted by Crippen LogP contribution is 2.40. The van der Waals surface area contributed by atoms with E-state index in [0.717, 1.165) is 30.6 Å². The van der Waals surface area contributed by atoms with Gasteiger partial charge < -0.3 is 9.64 Å². The molecule has 2 aliphatic rings. The molecule has 0 saturated heterocycles. The van der Waals surface area contributed by atoms with E-state index in [0.29, 0.717) is 25.4 Å². The molecule has 0 bridgehead atoms. The Morgan fingerprint density at radius 2 is 2.04 bits per heavy atom. The summed E-state index contributed by atoms with van der Waals surface area (Å²) in [6.45, 7) is 4.96. The second-order valence-corrected chi connectivity index (χ2v) is 7.91. The van der Waals surface area contributed by atoms with Gasteiger partial charge in [-0.25, -0.2) is 18.4 Å². The van der Waals surface area contributed by atoms with Crippen LogP contribution in [0.1, 0.15) is 67.1 Å². The maximum atomic E-state index is 14.5. The summed E-state index contributed by atoms with van der Waals surface area (Å²) < 4.78 is 35.4. The van der Waals surface area contributed by atoms with Gasteiger partial charge in [-0.05, 0) is 37.3 Å². The zero-order valence-corrected chi connectivity index (χ0v) is 16.3. The van der Waals surface area contributed by atoms with Gasteiger partial charge in [0.1, 0.15) is 17.1 Å². The van der Waals surface area contributed by atoms with E-state index < -0.39 is 17.5 Å². The van der Waals surface area contributed by atoms with Crippen molar-refractivity contribution in [2.75, 3.05) is 13.7 Å². The highest BCUT2D eigenvalue weighted by molar-refractivity contribution is 5.97. The monoisotopic (exact) mass is 390 g/mol. The fourth-order valence-electron chi connectivity index (χ4n) is 3.76. The highest BCUT2D eigenvalue weighted by atomic mass is 19.2. The van der Waals surface area contributed by atoms with E-state index in [1.807, 2.05) is 4.68 Å². The van der Waals surface area contributed by atoms with E-state index >= 15 is 0 Å². The quantitative estimate of drug-likeness (QED) is 0.781. The van der Waals surface area contributed by atoms with Crippen LogP contribution in [0, 0.1) is 17.6 Å². The van der Waals surface area contributed by atoms with Crippen molar-refractivity contribution >= 4 is 5.91 Å². The van der Waals surface area contributed by atoms with Crippen LogP contribution in [0.25, 0.3) is 0 Å². The second kappa shape index (κ2) is 7.14. The third-order valence-electron chi connectivity index (χ3n) is 5.33. The second-order valence-electron chi connectivity index (χ2n) is 7.91. The molecule has 1 saturated carbocycles. The topological polar surface area (TPSA) is 60.2 Å². The van der Waals surface area contributed by atoms with Crippen molar-refractivity contribution in [3.05, 3.63) is 41.0 Å². The van der Waals surface area contributed by atoms with Crippen molar-refractivity contribution in [2.24, 2.45) is 5.92 Å². The Bertz CT molecular complexity index is 908. The molecule has 6 nitrogen and oxygen atoms in total. The minimum Gasteiger partial charge on any atom is -0.496 e. The standard InChI is InChI=1S/C20H24F2N4O2/c1-11(2)10-14-19-23-18(12-4-5-12)24-26(19)9-8-25(14)20(27)16-15(28-3)7-6-13(21)17(16)22/h6-7,11-12,14H,4-5,8-10H2,1-3H3/t14-/m0/s1. The molecule has 1 aliphatic carbocycles. The van der Waals surface area contributed by atoms with Gasteiger partial charge in [0.25, 0.3) is 5.91 Å². The third-order valence-corrected chi connectivity index (χ3v) is 5.33. The van der Waals surface area contributed by atoms with Crippen molar-refractivity contribution in [3.63, 3.8) is 0 Å². The van der Waals surface area contributed by atoms with E-state index in [-0.39, 0.29) is 23.3 Å². The normalized spacial score (nSPS) is 19.1. The van der Waals surface area contributed by atoms with Crippen molar-refractivity contribution in [3.8, 4) is 5.75 Å². The molecule has 1 aromatic heterocycles. The predicted octanol–water partition coefficient (Wildman–Crippen LogP) is 3.69. The number of nitrogens with zero attached hydrogens (tertiary/aromatic N) is 4. The summed E-state index contributed by atoms with van der Waals surface area (Å²) in [5.41, 5.74) is -0.369. The summed E-state index contributed by atoms with van der Waals surface area (Å²) in [6.07, 6.45) is 2.84. The molecular formula is C20H24F2N4O2. The Labute approximate surface area is 162 Å². The number of carbonyl (C=O) groups excluding carboxylic acids is 1. The Morgan fingerprint density at radius 3 is 2.68 bits per heavy atom. The van der Waals surface area contributed by atoms with Gasteiger partial charge in [-0.15, -0.1) is 0 Å². The summed E-state index contributed by atoms with van der Waals surface area (Å²) in [6, 6.07) is 1.90. The molecule has 8 heteroatoms. The Kier molecular flexibility index (Phi) is 4.81. The minimum atomic E-state index is -1.18. The van der Waals surface area contributed by atoms with Crippen LogP contribution in [0.4, 0.5) is 8.78 Å². The van der Waals surface area contributed by atoms with Crippen LogP contribution in [0.2, 0.25) is 0 Å². The van der Waals surface area contributed by atoms with Gasteiger partial charge in [0.15, 0.2) is 17.5 Å². The van der Waals surface area contributed by atoms with Crippen LogP contribution < -0.4 is 4.74 Å². The molecule has 4 rings (SSSR count). The number of fused-ring (bicyclic) bond motifs is 1. The SMILES string of the molecule is COc1ccc(F)c(F)c1C(=O)N1CCn2nc(C3CC3)nc2[C@@H]1CC(C)C. The lowest BCUT2D eigenvalue weighted by Gasteiger charge is -2.36. The molecule has 1 aliphatic heterocycles. The number of hydrogen-bond acceptors (Lipinski definition) is 4. The minimum absolute atomic E-state index is 0.0258. The van der Waals surface area contributed by atoms with E-state index in [1.54, 1.807) is 4.90 Å². The fourth-order valence-corrected chi connectivity index (χ4v) is 3.76. The summed E-state index contributed by atoms with van der Waals surface area (Å²) in [5.74, 6) is -0.563. The number of rotatable bonds is 5. The largest absolute Gasteiger partial charge is 0.496 e. The summed E-state index contributed by atoms with van der Waals surface area (Å²) >= 11 is 0. The van der Waals surface area contributed by atoms with Gasteiger partial charge in [0.05, 0.1) is 19.7 Å². The zero-order chi connectivity index (χ0) is 20.0. The van der Waals surface area contributed by atoms with Gasteiger partial charge in [-0.2, -0.15) is 5.10 Å². The molecule has 0 N–H and O–H groups in total. The van der Waals surface area contributed by atoms with Crippen LogP contribution in [-0.2, 0) is 6.54 Å². The average Bonchev–Trinajstić information content (AvgIpc) is 3.42. The van der Waals surface area contributed by atoms with Crippen molar-refractivity contribution in [1.82, 2.24) is 19.7 Å². The molecule has 1 aromatic carbocycles. The van der Waals surface area contributed by atoms with Gasteiger partial charge in [-0.3, -0.25) is 4.79 Å². The first-order chi connectivity index (χ1) is 13.4. The van der Waals surface area contributed by atoms with E-state index in [2.05, 4.69) is 18.9 Å². The highest BCUT2D eigenvalue weighted by Gasteiger charge is 2.38. The van der Waals surface area contributed by atoms with E-state index in [9.17, 15) is 13.6 Å². The third kappa shape index (κ3) is 3.25. The number of carbonyl (C=O) groups is 1. The average molecular weight is 390 g/mol. The first kappa shape index (κ1) is 18.8. The molecule has 0 radical (unpaired) electrons. The van der Waals surface area contributed by atoms with Gasteiger partial charge >= 0.3 is 0 Å². The zero-order valence-electron chi connectivity index (χ0n) is 16.3. The Hall–Kier alpha value is -2.51. The molecule has 2 heterocycles. The first-order valence-corrected chi connectivity index (χ1v) is 9.68. The van der Waals surface area contributed by atoms with Crippen LogP contribution >= 0.6 is 0 Å². The van der Waals surface area contributed by atoms with Crippen LogP contribution in [-0.4, -0.2) is 39.2 Å². The van der Waals surface area contributed by atoms with Gasteiger partial charge in [0.2, 0.25) is 0 Å².